The Hall–Kier alpha value is -3.70. The molecule has 4 nitrogen and oxygen atoms in total. The van der Waals surface area contributed by atoms with Crippen LogP contribution in [0.5, 0.6) is 0 Å². The van der Waals surface area contributed by atoms with Crippen LogP contribution in [0, 0.1) is 0 Å². The van der Waals surface area contributed by atoms with Gasteiger partial charge in [-0.15, -0.1) is 0 Å². The Morgan fingerprint density at radius 2 is 1.03 bits per heavy atom. The Morgan fingerprint density at radius 3 is 1.65 bits per heavy atom. The molecule has 4 N–H and O–H groups in total. The fourth-order valence-electron chi connectivity index (χ4n) is 4.00. The molecule has 0 fully saturated rings. The van der Waals surface area contributed by atoms with Gasteiger partial charge in [0.1, 0.15) is 0 Å². The molecule has 8 bridgehead atoms. The number of halogens is 1. The van der Waals surface area contributed by atoms with E-state index in [4.69, 9.17) is 0 Å². The summed E-state index contributed by atoms with van der Waals surface area (Å²) in [6.45, 7) is 0. The van der Waals surface area contributed by atoms with Gasteiger partial charge >= 0.3 is 0 Å². The number of rotatable bonds is 1. The predicted molar refractivity (Wildman–Crippen MR) is 129 cm³/mol. The van der Waals surface area contributed by atoms with Crippen LogP contribution in [0.1, 0.15) is 22.8 Å². The maximum atomic E-state index is 3.59. The number of H-pyrrole nitrogens is 4. The van der Waals surface area contributed by atoms with Crippen molar-refractivity contribution in [3.05, 3.63) is 115 Å². The summed E-state index contributed by atoms with van der Waals surface area (Å²) in [5, 5.41) is 4.23. The average Bonchev–Trinajstić information content (AvgIpc) is 3.54. The highest BCUT2D eigenvalue weighted by Gasteiger charge is 2.05. The van der Waals surface area contributed by atoms with Gasteiger partial charge in [0.25, 0.3) is 0 Å². The zero-order chi connectivity index (χ0) is 20.8. The van der Waals surface area contributed by atoms with Gasteiger partial charge in [-0.25, -0.2) is 0 Å². The Bertz CT molecular complexity index is 1640. The molecule has 1 aliphatic heterocycles. The zero-order valence-corrected chi connectivity index (χ0v) is 18.1. The first kappa shape index (κ1) is 18.1. The molecule has 0 atom stereocenters. The van der Waals surface area contributed by atoms with E-state index in [9.17, 15) is 0 Å². The SMILES string of the molecule is Brc1ccc(-c2cc3[nH]c2=Cc2ccc([nH]2)C=c2ccc([nH]2)=Cc2ccc([nH]2)C=3)cc1. The van der Waals surface area contributed by atoms with E-state index in [-0.39, 0.29) is 0 Å². The summed E-state index contributed by atoms with van der Waals surface area (Å²) in [7, 11) is 0. The summed E-state index contributed by atoms with van der Waals surface area (Å²) in [4.78, 5) is 14.0. The minimum absolute atomic E-state index is 1.05. The summed E-state index contributed by atoms with van der Waals surface area (Å²) in [5.74, 6) is 0. The zero-order valence-electron chi connectivity index (χ0n) is 16.5. The van der Waals surface area contributed by atoms with Gasteiger partial charge in [0.05, 0.1) is 0 Å². The van der Waals surface area contributed by atoms with Crippen molar-refractivity contribution in [2.24, 2.45) is 0 Å². The van der Waals surface area contributed by atoms with Crippen LogP contribution in [0.3, 0.4) is 0 Å². The van der Waals surface area contributed by atoms with Crippen LogP contribution in [-0.4, -0.2) is 19.9 Å². The molecule has 4 aromatic heterocycles. The molecule has 1 aromatic carbocycles. The average molecular weight is 467 g/mol. The van der Waals surface area contributed by atoms with Crippen molar-refractivity contribution in [3.8, 4) is 11.1 Å². The number of fused-ring (bicyclic) bond motifs is 8. The predicted octanol–water partition coefficient (Wildman–Crippen LogP) is 3.06. The molecular formula is C26H19BrN4. The van der Waals surface area contributed by atoms with E-state index in [1.165, 1.54) is 5.56 Å². The van der Waals surface area contributed by atoms with Crippen LogP contribution in [-0.2, 0) is 0 Å². The van der Waals surface area contributed by atoms with E-state index in [0.717, 1.165) is 54.2 Å². The van der Waals surface area contributed by atoms with Crippen LogP contribution in [0.2, 0.25) is 0 Å². The monoisotopic (exact) mass is 466 g/mol. The van der Waals surface area contributed by atoms with Crippen molar-refractivity contribution < 1.29 is 0 Å². The van der Waals surface area contributed by atoms with E-state index in [1.807, 2.05) is 0 Å². The van der Waals surface area contributed by atoms with Crippen LogP contribution in [0.4, 0.5) is 0 Å². The topological polar surface area (TPSA) is 63.2 Å². The number of aromatic nitrogens is 4. The lowest BCUT2D eigenvalue weighted by Crippen LogP contribution is -2.11. The van der Waals surface area contributed by atoms with Crippen LogP contribution in [0.15, 0.2) is 71.2 Å². The lowest BCUT2D eigenvalue weighted by atomic mass is 10.1. The largest absolute Gasteiger partial charge is 0.355 e. The molecule has 1 aliphatic rings. The fraction of sp³-hybridized carbons (Fsp3) is 0. The van der Waals surface area contributed by atoms with Crippen LogP contribution < -0.4 is 21.4 Å². The number of benzene rings is 1. The molecule has 0 amide bonds. The van der Waals surface area contributed by atoms with Gasteiger partial charge < -0.3 is 19.9 Å². The van der Waals surface area contributed by atoms with Crippen LogP contribution >= 0.6 is 15.9 Å². The van der Waals surface area contributed by atoms with E-state index in [0.29, 0.717) is 0 Å². The molecule has 5 aromatic rings. The number of hydrogen-bond donors (Lipinski definition) is 4. The Morgan fingerprint density at radius 1 is 0.484 bits per heavy atom. The molecule has 0 unspecified atom stereocenters. The third kappa shape index (κ3) is 3.64. The van der Waals surface area contributed by atoms with Gasteiger partial charge in [0.15, 0.2) is 0 Å². The van der Waals surface area contributed by atoms with Crippen molar-refractivity contribution in [3.63, 3.8) is 0 Å². The standard InChI is InChI=1S/C26H19BrN4/c27-17-3-1-16(2-4-17)25-14-24-13-22-8-7-20(29-22)11-18-5-6-19(28-18)12-21-9-10-23(30-21)15-26(25)31-24/h1-15,28-31H. The van der Waals surface area contributed by atoms with E-state index in [2.05, 4.69) is 127 Å². The van der Waals surface area contributed by atoms with Crippen molar-refractivity contribution in [1.29, 1.82) is 0 Å². The van der Waals surface area contributed by atoms with Gasteiger partial charge in [-0.1, -0.05) is 28.1 Å². The molecule has 0 saturated heterocycles. The third-order valence-electron chi connectivity index (χ3n) is 5.45. The van der Waals surface area contributed by atoms with Gasteiger partial charge in [0.2, 0.25) is 0 Å². The van der Waals surface area contributed by atoms with Gasteiger partial charge in [-0.2, -0.15) is 0 Å². The van der Waals surface area contributed by atoms with Crippen molar-refractivity contribution in [1.82, 2.24) is 19.9 Å². The van der Waals surface area contributed by atoms with E-state index >= 15 is 0 Å². The maximum Gasteiger partial charge on any atom is 0.0485 e. The highest BCUT2D eigenvalue weighted by Crippen LogP contribution is 2.18. The Labute approximate surface area is 186 Å². The molecule has 6 rings (SSSR count). The summed E-state index contributed by atoms with van der Waals surface area (Å²) in [5.41, 5.74) is 6.54. The number of nitrogens with one attached hydrogen (secondary N) is 4. The third-order valence-corrected chi connectivity index (χ3v) is 5.98. The molecule has 0 spiro atoms. The minimum atomic E-state index is 1.05. The highest BCUT2D eigenvalue weighted by atomic mass is 79.9. The second-order valence-corrected chi connectivity index (χ2v) is 8.66. The maximum absolute atomic E-state index is 3.59. The lowest BCUT2D eigenvalue weighted by Gasteiger charge is -1.98. The molecule has 5 heterocycles. The number of hydrogen-bond acceptors (Lipinski definition) is 0. The van der Waals surface area contributed by atoms with Crippen molar-refractivity contribution in [2.45, 2.75) is 0 Å². The summed E-state index contributed by atoms with van der Waals surface area (Å²) in [6, 6.07) is 23.2. The van der Waals surface area contributed by atoms with Crippen LogP contribution in [0.25, 0.3) is 35.4 Å². The Kier molecular flexibility index (Phi) is 4.21. The minimum Gasteiger partial charge on any atom is -0.355 e. The molecule has 0 aliphatic carbocycles. The molecule has 150 valence electrons. The van der Waals surface area contributed by atoms with E-state index < -0.39 is 0 Å². The van der Waals surface area contributed by atoms with Crippen molar-refractivity contribution >= 4 is 40.2 Å². The highest BCUT2D eigenvalue weighted by molar-refractivity contribution is 9.10. The smallest absolute Gasteiger partial charge is 0.0485 e. The number of aromatic amines is 4. The molecule has 5 heteroatoms. The van der Waals surface area contributed by atoms with Gasteiger partial charge in [-0.05, 0) is 84.5 Å². The summed E-state index contributed by atoms with van der Waals surface area (Å²) in [6.07, 6.45) is 8.52. The normalized spacial score (nSPS) is 12.4. The van der Waals surface area contributed by atoms with Crippen molar-refractivity contribution in [2.75, 3.05) is 0 Å². The van der Waals surface area contributed by atoms with Gasteiger partial charge in [-0.3, -0.25) is 0 Å². The Balaban J connectivity index is 1.62. The fourth-order valence-corrected chi connectivity index (χ4v) is 4.27. The second kappa shape index (κ2) is 7.22. The van der Waals surface area contributed by atoms with Gasteiger partial charge in [0, 0.05) is 54.2 Å². The molecule has 31 heavy (non-hydrogen) atoms. The molecule has 0 saturated carbocycles. The quantitative estimate of drug-likeness (QED) is 0.287. The molecule has 0 radical (unpaired) electrons. The van der Waals surface area contributed by atoms with E-state index in [1.54, 1.807) is 0 Å². The first-order chi connectivity index (χ1) is 15.2. The summed E-state index contributed by atoms with van der Waals surface area (Å²) >= 11 is 3.53. The summed E-state index contributed by atoms with van der Waals surface area (Å²) < 4.78 is 1.07. The lowest BCUT2D eigenvalue weighted by molar-refractivity contribution is 1.23. The first-order valence-corrected chi connectivity index (χ1v) is 10.9. The molecular weight excluding hydrogens is 448 g/mol. The first-order valence-electron chi connectivity index (χ1n) is 10.1. The second-order valence-electron chi connectivity index (χ2n) is 7.74.